The first-order chi connectivity index (χ1) is 26.3. The molecule has 0 aromatic heterocycles. The second-order valence-corrected chi connectivity index (χ2v) is 26.4. The predicted molar refractivity (Wildman–Crippen MR) is 237 cm³/mol. The highest BCUT2D eigenvalue weighted by Crippen LogP contribution is 2.71. The maximum atomic E-state index is 8.94. The van der Waals surface area contributed by atoms with Crippen molar-refractivity contribution in [3.63, 3.8) is 0 Å². The van der Waals surface area contributed by atoms with E-state index >= 15 is 0 Å². The van der Waals surface area contributed by atoms with Gasteiger partial charge in [-0.2, -0.15) is 0 Å². The van der Waals surface area contributed by atoms with E-state index in [-0.39, 0.29) is 5.54 Å². The third kappa shape index (κ3) is 7.10. The van der Waals surface area contributed by atoms with Crippen LogP contribution in [0.2, 0.25) is 0 Å². The monoisotopic (exact) mass is 770 g/mol. The summed E-state index contributed by atoms with van der Waals surface area (Å²) >= 11 is 0. The molecule has 9 rings (SSSR count). The molecule has 56 heavy (non-hydrogen) atoms. The summed E-state index contributed by atoms with van der Waals surface area (Å²) in [7, 11) is 0. The topological polar surface area (TPSA) is 48.8 Å². The van der Waals surface area contributed by atoms with Crippen molar-refractivity contribution in [3.05, 3.63) is 10.4 Å². The summed E-state index contributed by atoms with van der Waals surface area (Å²) in [5.74, 6) is 13.7. The van der Waals surface area contributed by atoms with E-state index in [1.807, 2.05) is 0 Å². The summed E-state index contributed by atoms with van der Waals surface area (Å²) in [5.41, 5.74) is 11.8. The van der Waals surface area contributed by atoms with Gasteiger partial charge in [0.1, 0.15) is 0 Å². The van der Waals surface area contributed by atoms with Crippen LogP contribution in [0.1, 0.15) is 217 Å². The van der Waals surface area contributed by atoms with Crippen LogP contribution in [0, 0.1) is 110 Å². The summed E-state index contributed by atoms with van der Waals surface area (Å²) in [6, 6.07) is 0. The first kappa shape index (κ1) is 42.0. The molecule has 18 atom stereocenters. The lowest BCUT2D eigenvalue weighted by Crippen LogP contribution is -2.53. The summed E-state index contributed by atoms with van der Waals surface area (Å²) in [6.45, 7) is 27.6. The van der Waals surface area contributed by atoms with Crippen molar-refractivity contribution >= 4 is 0 Å². The standard InChI is InChI=1S/C27H46.C26H45N3/c1-18-10-14-26(4)20(16-18)6-7-21-23-9-8-22(19-11-13-25(2,3)17-19)27(23,5)15-12-24(21)26;1-17-11-13-25(5)19(15-17)7-8-20-22-10-9-21(26(22,6)14-12-23(20)25)18(2)16-24(3,4)28-29-27/h18-24H,6-17H2,1-5H3;17-23H,7-16H2,1-6H3/t18-,19-,20+,21?,22-,23+,24?,26+,27-;17-,18-,19+,20?,21-,22+,23?,25+,26-/m11/s1. The molecule has 9 aliphatic rings. The SMILES string of the molecule is C[C@@H]1CC[C@]2(C)C3CC[C@]4(C)[C@@H]([C@@H]5CCC(C)(C)C5)CC[C@H]4C3CC[C@H]2C1.C[C@@H]1CC[C@]2(C)C3CC[C@]4(C)[C@@H]([C@H](C)CC(C)(C)N=[N+]=[N-])CC[C@H]4C3CC[C@H]2C1. The van der Waals surface area contributed by atoms with Crippen LogP contribution in [0.15, 0.2) is 5.11 Å². The van der Waals surface area contributed by atoms with Crippen molar-refractivity contribution in [2.75, 3.05) is 0 Å². The molecule has 3 nitrogen and oxygen atoms in total. The molecule has 0 spiro atoms. The average Bonchev–Trinajstić information content (AvgIpc) is 3.80. The van der Waals surface area contributed by atoms with Crippen LogP contribution >= 0.6 is 0 Å². The molecule has 3 heteroatoms. The van der Waals surface area contributed by atoms with Crippen molar-refractivity contribution in [1.82, 2.24) is 0 Å². The molecule has 4 unspecified atom stereocenters. The molecule has 318 valence electrons. The van der Waals surface area contributed by atoms with Gasteiger partial charge in [-0.15, -0.1) is 0 Å². The van der Waals surface area contributed by atoms with Crippen LogP contribution in [0.4, 0.5) is 0 Å². The highest BCUT2D eigenvalue weighted by Gasteiger charge is 2.63. The highest BCUT2D eigenvalue weighted by molar-refractivity contribution is 5.12. The van der Waals surface area contributed by atoms with Crippen molar-refractivity contribution < 1.29 is 0 Å². The molecular formula is C53H91N3. The number of nitrogens with zero attached hydrogens (tertiary/aromatic N) is 3. The average molecular weight is 770 g/mol. The van der Waals surface area contributed by atoms with Crippen molar-refractivity contribution in [1.29, 1.82) is 0 Å². The van der Waals surface area contributed by atoms with Crippen LogP contribution in [0.25, 0.3) is 10.4 Å². The molecule has 0 aliphatic heterocycles. The number of azide groups is 1. The van der Waals surface area contributed by atoms with Gasteiger partial charge in [-0.25, -0.2) is 0 Å². The summed E-state index contributed by atoms with van der Waals surface area (Å²) in [5, 5.41) is 4.10. The third-order valence-corrected chi connectivity index (χ3v) is 22.4. The van der Waals surface area contributed by atoms with E-state index < -0.39 is 0 Å². The Kier molecular flexibility index (Phi) is 11.3. The van der Waals surface area contributed by atoms with Gasteiger partial charge in [-0.1, -0.05) is 94.1 Å². The minimum Gasteiger partial charge on any atom is -0.0878 e. The van der Waals surface area contributed by atoms with Gasteiger partial charge in [0.05, 0.1) is 0 Å². The minimum absolute atomic E-state index is 0.260. The maximum Gasteiger partial charge on any atom is 0.0434 e. The first-order valence-corrected chi connectivity index (χ1v) is 25.4. The zero-order chi connectivity index (χ0) is 40.1. The molecular weight excluding hydrogens is 679 g/mol. The fraction of sp³-hybridized carbons (Fsp3) is 1.00. The molecule has 0 aromatic rings. The summed E-state index contributed by atoms with van der Waals surface area (Å²) in [6.07, 6.45) is 32.8. The van der Waals surface area contributed by atoms with E-state index in [0.29, 0.717) is 33.0 Å². The number of rotatable bonds is 5. The quantitative estimate of drug-likeness (QED) is 0.152. The Bertz CT molecular complexity index is 1460. The second kappa shape index (κ2) is 15.0. The predicted octanol–water partition coefficient (Wildman–Crippen LogP) is 16.5. The van der Waals surface area contributed by atoms with Gasteiger partial charge in [-0.05, 0) is 244 Å². The Morgan fingerprint density at radius 1 is 0.571 bits per heavy atom. The van der Waals surface area contributed by atoms with E-state index in [1.54, 1.807) is 51.4 Å². The van der Waals surface area contributed by atoms with Crippen LogP contribution in [0.5, 0.6) is 0 Å². The van der Waals surface area contributed by atoms with Crippen molar-refractivity contribution in [2.24, 2.45) is 115 Å². The third-order valence-electron chi connectivity index (χ3n) is 22.4. The van der Waals surface area contributed by atoms with Crippen LogP contribution in [-0.4, -0.2) is 5.54 Å². The van der Waals surface area contributed by atoms with Crippen molar-refractivity contribution in [2.45, 2.75) is 223 Å². The zero-order valence-electron chi connectivity index (χ0n) is 39.0. The largest absolute Gasteiger partial charge is 0.0878 e. The Hall–Kier alpha value is -0.690. The van der Waals surface area contributed by atoms with E-state index in [1.165, 1.54) is 83.5 Å². The zero-order valence-corrected chi connectivity index (χ0v) is 39.0. The Morgan fingerprint density at radius 2 is 1.05 bits per heavy atom. The molecule has 0 heterocycles. The van der Waals surface area contributed by atoms with Crippen LogP contribution in [0.3, 0.4) is 0 Å². The second-order valence-electron chi connectivity index (χ2n) is 26.4. The molecule has 0 bridgehead atoms. The van der Waals surface area contributed by atoms with E-state index in [2.05, 4.69) is 86.2 Å². The van der Waals surface area contributed by atoms with E-state index in [0.717, 1.165) is 83.4 Å². The number of fused-ring (bicyclic) bond motifs is 10. The lowest BCUT2D eigenvalue weighted by molar-refractivity contribution is -0.120. The molecule has 9 fully saturated rings. The first-order valence-electron chi connectivity index (χ1n) is 25.4. The van der Waals surface area contributed by atoms with Gasteiger partial charge < -0.3 is 0 Å². The van der Waals surface area contributed by atoms with E-state index in [4.69, 9.17) is 5.53 Å². The Labute approximate surface area is 347 Å². The lowest BCUT2D eigenvalue weighted by Gasteiger charge is -2.61. The molecule has 0 radical (unpaired) electrons. The summed E-state index contributed by atoms with van der Waals surface area (Å²) < 4.78 is 0. The fourth-order valence-electron chi connectivity index (χ4n) is 19.7. The highest BCUT2D eigenvalue weighted by atomic mass is 15.2. The van der Waals surface area contributed by atoms with Gasteiger partial charge >= 0.3 is 0 Å². The minimum atomic E-state index is -0.260. The van der Waals surface area contributed by atoms with Gasteiger partial charge in [0.15, 0.2) is 0 Å². The maximum absolute atomic E-state index is 8.94. The van der Waals surface area contributed by atoms with Crippen molar-refractivity contribution in [3.8, 4) is 0 Å². The molecule has 0 amide bonds. The fourth-order valence-corrected chi connectivity index (χ4v) is 19.7. The molecule has 0 saturated heterocycles. The lowest BCUT2D eigenvalue weighted by atomic mass is 9.44. The molecule has 9 aliphatic carbocycles. The Balaban J connectivity index is 0.000000158. The molecule has 0 N–H and O–H groups in total. The van der Waals surface area contributed by atoms with Crippen LogP contribution in [-0.2, 0) is 0 Å². The smallest absolute Gasteiger partial charge is 0.0434 e. The van der Waals surface area contributed by atoms with Crippen LogP contribution < -0.4 is 0 Å². The van der Waals surface area contributed by atoms with Gasteiger partial charge in [0.25, 0.3) is 0 Å². The van der Waals surface area contributed by atoms with Gasteiger partial charge in [0.2, 0.25) is 0 Å². The Morgan fingerprint density at radius 3 is 1.59 bits per heavy atom. The number of hydrogen-bond donors (Lipinski definition) is 0. The number of hydrogen-bond acceptors (Lipinski definition) is 1. The van der Waals surface area contributed by atoms with Gasteiger partial charge in [-0.3, -0.25) is 0 Å². The molecule has 9 saturated carbocycles. The molecule has 0 aromatic carbocycles. The van der Waals surface area contributed by atoms with E-state index in [9.17, 15) is 0 Å². The van der Waals surface area contributed by atoms with Gasteiger partial charge in [0, 0.05) is 10.5 Å². The normalized spacial score (nSPS) is 52.4. The summed E-state index contributed by atoms with van der Waals surface area (Å²) in [4.78, 5) is 3.12.